The van der Waals surface area contributed by atoms with Gasteiger partial charge in [-0.3, -0.25) is 4.79 Å². The number of likely N-dealkylation sites (N-methyl/N-ethyl adjacent to an activating group) is 1. The number of amides is 1. The molecule has 146 valence electrons. The van der Waals surface area contributed by atoms with Crippen molar-refractivity contribution in [3.63, 3.8) is 0 Å². The Bertz CT molecular complexity index is 619. The van der Waals surface area contributed by atoms with Crippen LogP contribution in [0.15, 0.2) is 6.20 Å². The molecule has 1 amide bonds. The van der Waals surface area contributed by atoms with E-state index in [2.05, 4.69) is 22.0 Å². The highest BCUT2D eigenvalue weighted by Crippen LogP contribution is 2.18. The van der Waals surface area contributed by atoms with E-state index in [9.17, 15) is 14.7 Å². The van der Waals surface area contributed by atoms with Crippen LogP contribution in [0.4, 0.5) is 0 Å². The largest absolute Gasteiger partial charge is 0.478 e. The maximum absolute atomic E-state index is 12.3. The molecule has 0 aromatic carbocycles. The second-order valence-electron chi connectivity index (χ2n) is 6.88. The number of rotatable bonds is 9. The molecule has 2 rings (SSSR count). The van der Waals surface area contributed by atoms with Crippen molar-refractivity contribution < 1.29 is 14.7 Å². The van der Waals surface area contributed by atoms with Crippen molar-refractivity contribution >= 4 is 11.9 Å². The second-order valence-corrected chi connectivity index (χ2v) is 6.88. The summed E-state index contributed by atoms with van der Waals surface area (Å²) in [5, 5.41) is 12.3. The Hall–Kier alpha value is -1.86. The first-order valence-corrected chi connectivity index (χ1v) is 9.59. The molecule has 0 bridgehead atoms. The van der Waals surface area contributed by atoms with Crippen molar-refractivity contribution in [1.82, 2.24) is 19.7 Å². The highest BCUT2D eigenvalue weighted by Gasteiger charge is 2.21. The van der Waals surface area contributed by atoms with E-state index in [0.717, 1.165) is 45.7 Å². The van der Waals surface area contributed by atoms with Crippen LogP contribution in [0.25, 0.3) is 0 Å². The van der Waals surface area contributed by atoms with Gasteiger partial charge in [0.1, 0.15) is 0 Å². The lowest BCUT2D eigenvalue weighted by Gasteiger charge is -2.33. The summed E-state index contributed by atoms with van der Waals surface area (Å²) >= 11 is 0. The van der Waals surface area contributed by atoms with Crippen molar-refractivity contribution in [2.45, 2.75) is 40.2 Å². The minimum atomic E-state index is -0.969. The fourth-order valence-electron chi connectivity index (χ4n) is 3.59. The predicted molar refractivity (Wildman–Crippen MR) is 102 cm³/mol. The van der Waals surface area contributed by atoms with Crippen molar-refractivity contribution in [1.29, 1.82) is 0 Å². The Morgan fingerprint density at radius 2 is 1.77 bits per heavy atom. The van der Waals surface area contributed by atoms with E-state index in [1.807, 2.05) is 17.7 Å². The average molecular weight is 364 g/mol. The van der Waals surface area contributed by atoms with Crippen molar-refractivity contribution in [3.8, 4) is 0 Å². The summed E-state index contributed by atoms with van der Waals surface area (Å²) in [6, 6.07) is 0. The molecule has 1 aromatic rings. The number of carboxylic acids is 1. The first-order valence-electron chi connectivity index (χ1n) is 9.59. The van der Waals surface area contributed by atoms with Crippen LogP contribution < -0.4 is 5.32 Å². The molecular formula is C19H32N4O3. The van der Waals surface area contributed by atoms with Crippen molar-refractivity contribution in [3.05, 3.63) is 23.0 Å². The number of aromatic nitrogens is 1. The lowest BCUT2D eigenvalue weighted by molar-refractivity contribution is -0.120. The van der Waals surface area contributed by atoms with Gasteiger partial charge in [-0.2, -0.15) is 0 Å². The van der Waals surface area contributed by atoms with E-state index in [0.29, 0.717) is 24.3 Å². The number of hydrogen-bond donors (Lipinski definition) is 2. The minimum absolute atomic E-state index is 0.110. The molecule has 0 spiro atoms. The van der Waals surface area contributed by atoms with E-state index in [-0.39, 0.29) is 17.9 Å². The first kappa shape index (κ1) is 20.5. The molecular weight excluding hydrogens is 332 g/mol. The Morgan fingerprint density at radius 1 is 1.12 bits per heavy atom. The van der Waals surface area contributed by atoms with Gasteiger partial charge in [0.05, 0.1) is 12.0 Å². The number of hydrogen-bond acceptors (Lipinski definition) is 4. The van der Waals surface area contributed by atoms with Crippen LogP contribution in [0.5, 0.6) is 0 Å². The van der Waals surface area contributed by atoms with Crippen LogP contribution in [0.2, 0.25) is 0 Å². The van der Waals surface area contributed by atoms with E-state index in [1.54, 1.807) is 6.92 Å². The maximum Gasteiger partial charge on any atom is 0.337 e. The molecule has 0 radical (unpaired) electrons. The van der Waals surface area contributed by atoms with E-state index >= 15 is 0 Å². The lowest BCUT2D eigenvalue weighted by Crippen LogP contribution is -2.46. The molecule has 1 saturated heterocycles. The van der Waals surface area contributed by atoms with E-state index in [1.165, 1.54) is 0 Å². The molecule has 7 heteroatoms. The van der Waals surface area contributed by atoms with Gasteiger partial charge in [-0.1, -0.05) is 6.92 Å². The standard InChI is InChI=1S/C19H32N4O3/c1-4-21-9-11-22(12-10-21)8-6-7-20-17(24)13-16-18(19(25)26)15(3)14-23(16)5-2/h14H,4-13H2,1-3H3,(H,20,24)(H,25,26). The van der Waals surface area contributed by atoms with Crippen LogP contribution in [-0.4, -0.2) is 77.2 Å². The minimum Gasteiger partial charge on any atom is -0.478 e. The monoisotopic (exact) mass is 364 g/mol. The Morgan fingerprint density at radius 3 is 2.35 bits per heavy atom. The third-order valence-electron chi connectivity index (χ3n) is 5.15. The van der Waals surface area contributed by atoms with Crippen LogP contribution in [0, 0.1) is 6.92 Å². The Kier molecular flexibility index (Phi) is 7.66. The molecule has 1 aliphatic rings. The SMILES string of the molecule is CCN1CCN(CCCNC(=O)Cc2c(C(=O)O)c(C)cn2CC)CC1. The zero-order valence-electron chi connectivity index (χ0n) is 16.3. The summed E-state index contributed by atoms with van der Waals surface area (Å²) in [4.78, 5) is 28.6. The van der Waals surface area contributed by atoms with Gasteiger partial charge in [0, 0.05) is 51.2 Å². The number of carbonyl (C=O) groups is 2. The quantitative estimate of drug-likeness (QED) is 0.644. The highest BCUT2D eigenvalue weighted by atomic mass is 16.4. The molecule has 0 aliphatic carbocycles. The third-order valence-corrected chi connectivity index (χ3v) is 5.15. The van der Waals surface area contributed by atoms with Crippen molar-refractivity contribution in [2.75, 3.05) is 45.8 Å². The summed E-state index contributed by atoms with van der Waals surface area (Å²) in [6.07, 6.45) is 2.83. The van der Waals surface area contributed by atoms with Crippen LogP contribution in [0.1, 0.15) is 41.9 Å². The van der Waals surface area contributed by atoms with E-state index in [4.69, 9.17) is 0 Å². The number of nitrogens with zero attached hydrogens (tertiary/aromatic N) is 3. The molecule has 2 heterocycles. The second kappa shape index (κ2) is 9.73. The van der Waals surface area contributed by atoms with Gasteiger partial charge in [-0.25, -0.2) is 4.79 Å². The molecule has 0 unspecified atom stereocenters. The zero-order chi connectivity index (χ0) is 19.1. The molecule has 7 nitrogen and oxygen atoms in total. The van der Waals surface area contributed by atoms with Gasteiger partial charge in [0.2, 0.25) is 5.91 Å². The van der Waals surface area contributed by atoms with Crippen LogP contribution >= 0.6 is 0 Å². The highest BCUT2D eigenvalue weighted by molar-refractivity contribution is 5.93. The molecule has 1 aliphatic heterocycles. The van der Waals surface area contributed by atoms with Crippen LogP contribution in [-0.2, 0) is 17.8 Å². The summed E-state index contributed by atoms with van der Waals surface area (Å²) in [6.45, 7) is 13.7. The average Bonchev–Trinajstić information content (AvgIpc) is 2.94. The number of aromatic carboxylic acids is 1. The van der Waals surface area contributed by atoms with Gasteiger partial charge < -0.3 is 24.8 Å². The number of piperazine rings is 1. The molecule has 2 N–H and O–H groups in total. The van der Waals surface area contributed by atoms with Gasteiger partial charge in [-0.15, -0.1) is 0 Å². The molecule has 0 atom stereocenters. The molecule has 1 fully saturated rings. The fourth-order valence-corrected chi connectivity index (χ4v) is 3.59. The van der Waals surface area contributed by atoms with Crippen LogP contribution in [0.3, 0.4) is 0 Å². The normalized spacial score (nSPS) is 16.0. The van der Waals surface area contributed by atoms with Gasteiger partial charge in [-0.05, 0) is 38.9 Å². The summed E-state index contributed by atoms with van der Waals surface area (Å²) in [5.41, 5.74) is 1.55. The van der Waals surface area contributed by atoms with Gasteiger partial charge in [0.25, 0.3) is 0 Å². The fraction of sp³-hybridized carbons (Fsp3) is 0.684. The predicted octanol–water partition coefficient (Wildman–Crippen LogP) is 1.20. The molecule has 26 heavy (non-hydrogen) atoms. The number of carbonyl (C=O) groups excluding carboxylic acids is 1. The first-order chi connectivity index (χ1) is 12.5. The third kappa shape index (κ3) is 5.32. The summed E-state index contributed by atoms with van der Waals surface area (Å²) in [5.74, 6) is -1.08. The number of carboxylic acid groups (broad SMARTS) is 1. The summed E-state index contributed by atoms with van der Waals surface area (Å²) in [7, 11) is 0. The lowest BCUT2D eigenvalue weighted by atomic mass is 10.1. The zero-order valence-corrected chi connectivity index (χ0v) is 16.3. The smallest absolute Gasteiger partial charge is 0.337 e. The molecule has 1 aromatic heterocycles. The topological polar surface area (TPSA) is 77.8 Å². The van der Waals surface area contributed by atoms with Crippen molar-refractivity contribution in [2.24, 2.45) is 0 Å². The maximum atomic E-state index is 12.3. The van der Waals surface area contributed by atoms with E-state index < -0.39 is 5.97 Å². The van der Waals surface area contributed by atoms with Gasteiger partial charge >= 0.3 is 5.97 Å². The number of aryl methyl sites for hydroxylation is 2. The summed E-state index contributed by atoms with van der Waals surface area (Å²) < 4.78 is 1.85. The Balaban J connectivity index is 1.77. The van der Waals surface area contributed by atoms with Gasteiger partial charge in [0.15, 0.2) is 0 Å². The number of nitrogens with one attached hydrogen (secondary N) is 1. The molecule has 0 saturated carbocycles. The Labute approximate surface area is 156 Å².